The summed E-state index contributed by atoms with van der Waals surface area (Å²) in [6.07, 6.45) is 0. The van der Waals surface area contributed by atoms with E-state index in [1.54, 1.807) is 0 Å². The van der Waals surface area contributed by atoms with Gasteiger partial charge in [-0.15, -0.1) is 0 Å². The zero-order chi connectivity index (χ0) is 23.0. The first kappa shape index (κ1) is 23.2. The number of benzene rings is 3. The fourth-order valence-corrected chi connectivity index (χ4v) is 4.77. The standard InChI is InChI=1S/C29H35N3O/c1-3-31(4-2)29(33)27-17-15-26(16-18-27)28(25-13-9-6-10-14-25)32-21-19-30(20-22-32)23-24-11-7-5-8-12-24/h5-18,28H,3-4,19-23H2,1-2H3/t28-/m0/s1. The molecule has 3 aromatic carbocycles. The van der Waals surface area contributed by atoms with Crippen molar-refractivity contribution in [1.82, 2.24) is 14.7 Å². The molecule has 0 spiro atoms. The van der Waals surface area contributed by atoms with Crippen LogP contribution in [0.2, 0.25) is 0 Å². The van der Waals surface area contributed by atoms with Crippen molar-refractivity contribution >= 4 is 5.91 Å². The highest BCUT2D eigenvalue weighted by molar-refractivity contribution is 5.94. The number of amides is 1. The Morgan fingerprint density at radius 3 is 1.88 bits per heavy atom. The van der Waals surface area contributed by atoms with Gasteiger partial charge in [-0.3, -0.25) is 14.6 Å². The SMILES string of the molecule is CCN(CC)C(=O)c1ccc([C@H](c2ccccc2)N2CCN(Cc3ccccc3)CC2)cc1. The third kappa shape index (κ3) is 5.70. The van der Waals surface area contributed by atoms with E-state index < -0.39 is 0 Å². The molecule has 4 nitrogen and oxygen atoms in total. The van der Waals surface area contributed by atoms with Crippen molar-refractivity contribution < 1.29 is 4.79 Å². The maximum Gasteiger partial charge on any atom is 0.253 e. The lowest BCUT2D eigenvalue weighted by atomic mass is 9.95. The van der Waals surface area contributed by atoms with E-state index in [-0.39, 0.29) is 11.9 Å². The number of hydrogen-bond acceptors (Lipinski definition) is 3. The number of nitrogens with zero attached hydrogens (tertiary/aromatic N) is 3. The van der Waals surface area contributed by atoms with Crippen molar-refractivity contribution in [1.29, 1.82) is 0 Å². The first-order valence-electron chi connectivity index (χ1n) is 12.1. The third-order valence-electron chi connectivity index (χ3n) is 6.66. The number of hydrogen-bond donors (Lipinski definition) is 0. The van der Waals surface area contributed by atoms with Gasteiger partial charge in [-0.2, -0.15) is 0 Å². The van der Waals surface area contributed by atoms with Gasteiger partial charge in [0.2, 0.25) is 0 Å². The summed E-state index contributed by atoms with van der Waals surface area (Å²) in [6, 6.07) is 30.0. The van der Waals surface area contributed by atoms with Crippen molar-refractivity contribution in [3.8, 4) is 0 Å². The lowest BCUT2D eigenvalue weighted by molar-refractivity contribution is 0.0773. The Hall–Kier alpha value is -2.95. The van der Waals surface area contributed by atoms with E-state index >= 15 is 0 Å². The number of carbonyl (C=O) groups is 1. The zero-order valence-corrected chi connectivity index (χ0v) is 19.9. The van der Waals surface area contributed by atoms with E-state index in [1.807, 2.05) is 30.9 Å². The van der Waals surface area contributed by atoms with Gasteiger partial charge in [-0.1, -0.05) is 72.8 Å². The van der Waals surface area contributed by atoms with Crippen LogP contribution in [0.15, 0.2) is 84.9 Å². The number of rotatable bonds is 8. The Labute approximate surface area is 198 Å². The molecule has 1 saturated heterocycles. The molecule has 0 bridgehead atoms. The highest BCUT2D eigenvalue weighted by atomic mass is 16.2. The van der Waals surface area contributed by atoms with Crippen LogP contribution in [0.25, 0.3) is 0 Å². The van der Waals surface area contributed by atoms with Crippen molar-refractivity contribution in [2.45, 2.75) is 26.4 Å². The van der Waals surface area contributed by atoms with Crippen LogP contribution in [0, 0.1) is 0 Å². The van der Waals surface area contributed by atoms with Crippen LogP contribution in [-0.4, -0.2) is 59.9 Å². The first-order chi connectivity index (χ1) is 16.2. The summed E-state index contributed by atoms with van der Waals surface area (Å²) in [5, 5.41) is 0. The average Bonchev–Trinajstić information content (AvgIpc) is 2.88. The highest BCUT2D eigenvalue weighted by Gasteiger charge is 2.26. The molecule has 4 rings (SSSR count). The molecule has 33 heavy (non-hydrogen) atoms. The number of carbonyl (C=O) groups excluding carboxylic acids is 1. The van der Waals surface area contributed by atoms with Crippen molar-refractivity contribution in [2.75, 3.05) is 39.3 Å². The van der Waals surface area contributed by atoms with Gasteiger partial charge in [0, 0.05) is 51.4 Å². The van der Waals surface area contributed by atoms with E-state index in [9.17, 15) is 4.79 Å². The summed E-state index contributed by atoms with van der Waals surface area (Å²) in [6.45, 7) is 10.7. The zero-order valence-electron chi connectivity index (χ0n) is 19.9. The second-order valence-corrected chi connectivity index (χ2v) is 8.71. The minimum absolute atomic E-state index is 0.109. The third-order valence-corrected chi connectivity index (χ3v) is 6.66. The molecule has 0 radical (unpaired) electrons. The van der Waals surface area contributed by atoms with Crippen LogP contribution >= 0.6 is 0 Å². The van der Waals surface area contributed by atoms with Crippen LogP contribution in [0.1, 0.15) is 46.9 Å². The fourth-order valence-electron chi connectivity index (χ4n) is 4.77. The maximum atomic E-state index is 12.8. The topological polar surface area (TPSA) is 26.8 Å². The van der Waals surface area contributed by atoms with E-state index in [1.165, 1.54) is 16.7 Å². The molecule has 0 unspecified atom stereocenters. The van der Waals surface area contributed by atoms with Gasteiger partial charge >= 0.3 is 0 Å². The van der Waals surface area contributed by atoms with Gasteiger partial charge < -0.3 is 4.90 Å². The van der Waals surface area contributed by atoms with E-state index in [4.69, 9.17) is 0 Å². The Balaban J connectivity index is 1.50. The molecule has 1 fully saturated rings. The summed E-state index contributed by atoms with van der Waals surface area (Å²) in [7, 11) is 0. The van der Waals surface area contributed by atoms with Gasteiger partial charge in [-0.05, 0) is 42.7 Å². The molecule has 0 saturated carbocycles. The van der Waals surface area contributed by atoms with Crippen molar-refractivity contribution in [2.24, 2.45) is 0 Å². The molecule has 1 atom stereocenters. The Kier molecular flexibility index (Phi) is 7.92. The quantitative estimate of drug-likeness (QED) is 0.488. The molecule has 0 aliphatic carbocycles. The predicted octanol–water partition coefficient (Wildman–Crippen LogP) is 5.08. The lowest BCUT2D eigenvalue weighted by Crippen LogP contribution is -2.47. The first-order valence-corrected chi connectivity index (χ1v) is 12.1. The molecule has 1 aliphatic rings. The summed E-state index contributed by atoms with van der Waals surface area (Å²) in [5.74, 6) is 0.109. The van der Waals surface area contributed by atoms with Crippen LogP contribution in [-0.2, 0) is 6.54 Å². The Morgan fingerprint density at radius 1 is 0.758 bits per heavy atom. The largest absolute Gasteiger partial charge is 0.339 e. The minimum atomic E-state index is 0.109. The van der Waals surface area contributed by atoms with Crippen molar-refractivity contribution in [3.05, 3.63) is 107 Å². The summed E-state index contributed by atoms with van der Waals surface area (Å²) in [4.78, 5) is 19.7. The molecule has 0 N–H and O–H groups in total. The normalized spacial score (nSPS) is 15.8. The second kappa shape index (κ2) is 11.3. The van der Waals surface area contributed by atoms with Gasteiger partial charge in [0.1, 0.15) is 0 Å². The van der Waals surface area contributed by atoms with Gasteiger partial charge in [0.15, 0.2) is 0 Å². The fraction of sp³-hybridized carbons (Fsp3) is 0.345. The smallest absolute Gasteiger partial charge is 0.253 e. The van der Waals surface area contributed by atoms with E-state index in [2.05, 4.69) is 82.6 Å². The summed E-state index contributed by atoms with van der Waals surface area (Å²) < 4.78 is 0. The van der Waals surface area contributed by atoms with Crippen LogP contribution in [0.3, 0.4) is 0 Å². The van der Waals surface area contributed by atoms with Crippen LogP contribution in [0.4, 0.5) is 0 Å². The van der Waals surface area contributed by atoms with Gasteiger partial charge in [-0.25, -0.2) is 0 Å². The van der Waals surface area contributed by atoms with Gasteiger partial charge in [0.05, 0.1) is 6.04 Å². The molecule has 1 heterocycles. The predicted molar refractivity (Wildman–Crippen MR) is 135 cm³/mol. The van der Waals surface area contributed by atoms with Gasteiger partial charge in [0.25, 0.3) is 5.91 Å². The molecule has 3 aromatic rings. The van der Waals surface area contributed by atoms with Crippen LogP contribution < -0.4 is 0 Å². The van der Waals surface area contributed by atoms with E-state index in [0.717, 1.165) is 51.4 Å². The molecule has 1 aliphatic heterocycles. The summed E-state index contributed by atoms with van der Waals surface area (Å²) in [5.41, 5.74) is 4.69. The second-order valence-electron chi connectivity index (χ2n) is 8.71. The number of piperazine rings is 1. The van der Waals surface area contributed by atoms with Crippen LogP contribution in [0.5, 0.6) is 0 Å². The van der Waals surface area contributed by atoms with Crippen molar-refractivity contribution in [3.63, 3.8) is 0 Å². The monoisotopic (exact) mass is 441 g/mol. The molecule has 4 heteroatoms. The maximum absolute atomic E-state index is 12.8. The van der Waals surface area contributed by atoms with E-state index in [0.29, 0.717) is 0 Å². The molecule has 172 valence electrons. The Bertz CT molecular complexity index is 992. The molecular formula is C29H35N3O. The highest BCUT2D eigenvalue weighted by Crippen LogP contribution is 2.30. The lowest BCUT2D eigenvalue weighted by Gasteiger charge is -2.40. The molecular weight excluding hydrogens is 406 g/mol. The minimum Gasteiger partial charge on any atom is -0.339 e. The summed E-state index contributed by atoms with van der Waals surface area (Å²) >= 11 is 0. The average molecular weight is 442 g/mol. The molecule has 0 aromatic heterocycles. The Morgan fingerprint density at radius 2 is 1.30 bits per heavy atom. The molecule has 1 amide bonds.